The SMILES string of the molecule is NNc1c(F)cccc1C(=O)NCc1csc(=O)[nH]1. The number of hydrogen-bond acceptors (Lipinski definition) is 5. The predicted molar refractivity (Wildman–Crippen MR) is 70.3 cm³/mol. The summed E-state index contributed by atoms with van der Waals surface area (Å²) in [5.41, 5.74) is 2.77. The summed E-state index contributed by atoms with van der Waals surface area (Å²) in [6, 6.07) is 4.06. The lowest BCUT2D eigenvalue weighted by Crippen LogP contribution is -2.25. The lowest BCUT2D eigenvalue weighted by molar-refractivity contribution is 0.0951. The molecule has 1 aromatic carbocycles. The molecule has 1 amide bonds. The molecule has 100 valence electrons. The van der Waals surface area contributed by atoms with Crippen LogP contribution in [0.3, 0.4) is 0 Å². The minimum absolute atomic E-state index is 0.0705. The van der Waals surface area contributed by atoms with Crippen LogP contribution >= 0.6 is 11.3 Å². The van der Waals surface area contributed by atoms with Crippen molar-refractivity contribution in [2.45, 2.75) is 6.54 Å². The molecule has 0 radical (unpaired) electrons. The molecule has 19 heavy (non-hydrogen) atoms. The van der Waals surface area contributed by atoms with E-state index in [9.17, 15) is 14.0 Å². The van der Waals surface area contributed by atoms with E-state index >= 15 is 0 Å². The number of amides is 1. The van der Waals surface area contributed by atoms with E-state index < -0.39 is 11.7 Å². The van der Waals surface area contributed by atoms with Crippen molar-refractivity contribution >= 4 is 22.9 Å². The van der Waals surface area contributed by atoms with Gasteiger partial charge in [-0.2, -0.15) is 0 Å². The van der Waals surface area contributed by atoms with E-state index in [0.29, 0.717) is 5.69 Å². The highest BCUT2D eigenvalue weighted by atomic mass is 32.1. The smallest absolute Gasteiger partial charge is 0.304 e. The van der Waals surface area contributed by atoms with Crippen molar-refractivity contribution in [2.24, 2.45) is 5.84 Å². The molecule has 0 atom stereocenters. The lowest BCUT2D eigenvalue weighted by atomic mass is 10.1. The van der Waals surface area contributed by atoms with Crippen LogP contribution in [0.5, 0.6) is 0 Å². The second-order valence-corrected chi connectivity index (χ2v) is 4.51. The van der Waals surface area contributed by atoms with Crippen LogP contribution in [0, 0.1) is 5.82 Å². The maximum absolute atomic E-state index is 13.4. The van der Waals surface area contributed by atoms with E-state index in [2.05, 4.69) is 15.7 Å². The first-order chi connectivity index (χ1) is 9.11. The second kappa shape index (κ2) is 5.63. The third-order valence-electron chi connectivity index (χ3n) is 2.41. The first-order valence-corrected chi connectivity index (χ1v) is 6.20. The number of aromatic nitrogens is 1. The number of halogens is 1. The summed E-state index contributed by atoms with van der Waals surface area (Å²) in [7, 11) is 0. The fourth-order valence-electron chi connectivity index (χ4n) is 1.53. The first-order valence-electron chi connectivity index (χ1n) is 5.32. The number of anilines is 1. The number of nitrogens with two attached hydrogens (primary N) is 1. The number of para-hydroxylation sites is 1. The summed E-state index contributed by atoms with van der Waals surface area (Å²) in [5, 5.41) is 4.17. The number of nitrogens with one attached hydrogen (secondary N) is 3. The zero-order valence-corrected chi connectivity index (χ0v) is 10.5. The maximum atomic E-state index is 13.4. The van der Waals surface area contributed by atoms with Crippen LogP contribution in [0.4, 0.5) is 10.1 Å². The Kier molecular flexibility index (Phi) is 3.93. The average Bonchev–Trinajstić information content (AvgIpc) is 2.81. The molecule has 1 heterocycles. The van der Waals surface area contributed by atoms with Gasteiger partial charge in [-0.15, -0.1) is 0 Å². The van der Waals surface area contributed by atoms with Crippen molar-refractivity contribution in [3.05, 3.63) is 50.3 Å². The highest BCUT2D eigenvalue weighted by molar-refractivity contribution is 7.07. The van der Waals surface area contributed by atoms with Gasteiger partial charge in [0.15, 0.2) is 0 Å². The molecular weight excluding hydrogens is 271 g/mol. The number of hydrazine groups is 1. The molecule has 2 rings (SSSR count). The predicted octanol–water partition coefficient (Wildman–Crippen LogP) is 0.791. The zero-order valence-electron chi connectivity index (χ0n) is 9.70. The van der Waals surface area contributed by atoms with Gasteiger partial charge in [-0.05, 0) is 12.1 Å². The van der Waals surface area contributed by atoms with Crippen molar-refractivity contribution in [1.82, 2.24) is 10.3 Å². The van der Waals surface area contributed by atoms with Gasteiger partial charge in [0.05, 0.1) is 17.8 Å². The van der Waals surface area contributed by atoms with Crippen molar-refractivity contribution in [3.63, 3.8) is 0 Å². The van der Waals surface area contributed by atoms with Gasteiger partial charge in [0, 0.05) is 11.1 Å². The molecule has 0 spiro atoms. The van der Waals surface area contributed by atoms with Gasteiger partial charge >= 0.3 is 4.87 Å². The summed E-state index contributed by atoms with van der Waals surface area (Å²) in [6.45, 7) is 0.151. The van der Waals surface area contributed by atoms with Crippen molar-refractivity contribution in [1.29, 1.82) is 0 Å². The Labute approximate surface area is 111 Å². The summed E-state index contributed by atoms with van der Waals surface area (Å²) in [5.74, 6) is 4.09. The van der Waals surface area contributed by atoms with Crippen molar-refractivity contribution in [3.8, 4) is 0 Å². The molecule has 0 unspecified atom stereocenters. The number of H-pyrrole nitrogens is 1. The Morgan fingerprint density at radius 3 is 2.89 bits per heavy atom. The van der Waals surface area contributed by atoms with Gasteiger partial charge in [0.25, 0.3) is 5.91 Å². The number of rotatable bonds is 4. The highest BCUT2D eigenvalue weighted by Crippen LogP contribution is 2.18. The Hall–Kier alpha value is -2.19. The van der Waals surface area contributed by atoms with Gasteiger partial charge in [-0.3, -0.25) is 15.4 Å². The Morgan fingerprint density at radius 1 is 1.47 bits per heavy atom. The molecule has 0 aliphatic rings. The van der Waals surface area contributed by atoms with E-state index in [0.717, 1.165) is 11.3 Å². The molecule has 0 saturated heterocycles. The van der Waals surface area contributed by atoms with Crippen LogP contribution in [0.2, 0.25) is 0 Å². The summed E-state index contributed by atoms with van der Waals surface area (Å²) >= 11 is 1.01. The molecule has 1 aromatic heterocycles. The second-order valence-electron chi connectivity index (χ2n) is 3.66. The molecule has 0 aliphatic heterocycles. The van der Waals surface area contributed by atoms with Crippen molar-refractivity contribution < 1.29 is 9.18 Å². The third kappa shape index (κ3) is 2.98. The molecule has 0 aliphatic carbocycles. The van der Waals surface area contributed by atoms with E-state index in [1.807, 2.05) is 0 Å². The maximum Gasteiger partial charge on any atom is 0.304 e. The molecule has 0 fully saturated rings. The molecule has 0 bridgehead atoms. The quantitative estimate of drug-likeness (QED) is 0.492. The topological polar surface area (TPSA) is 100 Å². The normalized spacial score (nSPS) is 10.2. The van der Waals surface area contributed by atoms with Gasteiger partial charge in [-0.25, -0.2) is 4.39 Å². The standard InChI is InChI=1S/C11H11FN4O2S/c12-8-3-1-2-7(9(8)16-13)10(17)14-4-6-5-19-11(18)15-6/h1-3,5,16H,4,13H2,(H,14,17)(H,15,18). The number of hydrogen-bond donors (Lipinski definition) is 4. The summed E-state index contributed by atoms with van der Waals surface area (Å²) in [4.78, 5) is 25.2. The highest BCUT2D eigenvalue weighted by Gasteiger charge is 2.14. The van der Waals surface area contributed by atoms with Gasteiger partial charge < -0.3 is 15.7 Å². The number of carbonyl (C=O) groups excluding carboxylic acids is 1. The number of carbonyl (C=O) groups is 1. The van der Waals surface area contributed by atoms with Gasteiger partial charge in [0.1, 0.15) is 5.82 Å². The first kappa shape index (κ1) is 13.2. The van der Waals surface area contributed by atoms with Crippen LogP contribution in [0.15, 0.2) is 28.4 Å². The van der Waals surface area contributed by atoms with Crippen LogP contribution in [0.25, 0.3) is 0 Å². The van der Waals surface area contributed by atoms with Gasteiger partial charge in [0.2, 0.25) is 0 Å². The summed E-state index contributed by atoms with van der Waals surface area (Å²) in [6.07, 6.45) is 0. The van der Waals surface area contributed by atoms with Crippen LogP contribution in [-0.2, 0) is 6.54 Å². The minimum Gasteiger partial charge on any atom is -0.346 e. The minimum atomic E-state index is -0.612. The molecule has 6 nitrogen and oxygen atoms in total. The fraction of sp³-hybridized carbons (Fsp3) is 0.0909. The summed E-state index contributed by atoms with van der Waals surface area (Å²) < 4.78 is 13.4. The van der Waals surface area contributed by atoms with E-state index in [1.165, 1.54) is 18.2 Å². The number of benzene rings is 1. The molecule has 5 N–H and O–H groups in total. The van der Waals surface area contributed by atoms with E-state index in [4.69, 9.17) is 5.84 Å². The van der Waals surface area contributed by atoms with Crippen LogP contribution < -0.4 is 21.5 Å². The molecular formula is C11H11FN4O2S. The molecule has 2 aromatic rings. The molecule has 0 saturated carbocycles. The molecule has 8 heteroatoms. The Morgan fingerprint density at radius 2 is 2.26 bits per heavy atom. The van der Waals surface area contributed by atoms with Crippen LogP contribution in [-0.4, -0.2) is 10.9 Å². The van der Waals surface area contributed by atoms with E-state index in [1.54, 1.807) is 5.38 Å². The van der Waals surface area contributed by atoms with E-state index in [-0.39, 0.29) is 22.7 Å². The average molecular weight is 282 g/mol. The largest absolute Gasteiger partial charge is 0.346 e. The van der Waals surface area contributed by atoms with Crippen LogP contribution in [0.1, 0.15) is 16.1 Å². The Bertz CT molecular complexity index is 652. The number of thiazole rings is 1. The monoisotopic (exact) mass is 282 g/mol. The Balaban J connectivity index is 2.12. The lowest BCUT2D eigenvalue weighted by Gasteiger charge is -2.09. The fourth-order valence-corrected chi connectivity index (χ4v) is 2.11. The zero-order chi connectivity index (χ0) is 13.8. The van der Waals surface area contributed by atoms with Crippen molar-refractivity contribution in [2.75, 3.05) is 5.43 Å². The third-order valence-corrected chi connectivity index (χ3v) is 3.13. The van der Waals surface area contributed by atoms with Gasteiger partial charge in [-0.1, -0.05) is 17.4 Å². The number of aromatic amines is 1. The number of nitrogen functional groups attached to an aromatic ring is 1.